The van der Waals surface area contributed by atoms with Gasteiger partial charge in [0.2, 0.25) is 0 Å². The molecule has 0 aliphatic carbocycles. The molecule has 0 saturated carbocycles. The summed E-state index contributed by atoms with van der Waals surface area (Å²) >= 11 is 6.54. The van der Waals surface area contributed by atoms with Crippen molar-refractivity contribution >= 4 is 44.9 Å². The van der Waals surface area contributed by atoms with Crippen LogP contribution >= 0.6 is 11.3 Å². The van der Waals surface area contributed by atoms with Crippen LogP contribution in [-0.2, 0) is 12.6 Å². The normalized spacial score (nSPS) is 11.2. The molecule has 0 N–H and O–H groups in total. The van der Waals surface area contributed by atoms with E-state index >= 15 is 0 Å². The molecule has 0 saturated heterocycles. The second kappa shape index (κ2) is 9.69. The number of hydrogen-bond donors (Lipinski definition) is 0. The van der Waals surface area contributed by atoms with E-state index in [1.165, 1.54) is 4.50 Å². The van der Waals surface area contributed by atoms with E-state index in [9.17, 15) is 0 Å². The van der Waals surface area contributed by atoms with Crippen LogP contribution in [-0.4, -0.2) is 16.5 Å². The number of allylic oxidation sites excluding steroid dienone is 1. The van der Waals surface area contributed by atoms with Crippen LogP contribution in [0.4, 0.5) is 0 Å². The van der Waals surface area contributed by atoms with Gasteiger partial charge in [0.1, 0.15) is 0 Å². The Balaban J connectivity index is 0. The third kappa shape index (κ3) is 7.98. The predicted molar refractivity (Wildman–Crippen MR) is 86.6 cm³/mol. The minimum atomic E-state index is -1.80. The summed E-state index contributed by atoms with van der Waals surface area (Å²) in [5.41, 5.74) is 3.29. The van der Waals surface area contributed by atoms with Crippen LogP contribution in [0.15, 0.2) is 29.0 Å². The molecular weight excluding hydrogens is 292 g/mol. The molecule has 0 fully saturated rings. The minimum absolute atomic E-state index is 0. The summed E-state index contributed by atoms with van der Waals surface area (Å²) in [6.07, 6.45) is 1.72. The first-order chi connectivity index (χ1) is 7.87. The molecule has 0 unspecified atom stereocenters. The molecule has 0 aliphatic heterocycles. The molecule has 1 nitrogen and oxygen atoms in total. The summed E-state index contributed by atoms with van der Waals surface area (Å²) in [7, 11) is -3.47. The van der Waals surface area contributed by atoms with Gasteiger partial charge in [-0.1, -0.05) is 44.2 Å². The van der Waals surface area contributed by atoms with Crippen molar-refractivity contribution in [3.63, 3.8) is 0 Å². The van der Waals surface area contributed by atoms with Crippen LogP contribution in [0.3, 0.4) is 0 Å². The van der Waals surface area contributed by atoms with Gasteiger partial charge in [0, 0.05) is 8.24 Å². The summed E-state index contributed by atoms with van der Waals surface area (Å²) in [6, 6.07) is 4.30. The summed E-state index contributed by atoms with van der Waals surface area (Å²) in [4.78, 5) is 0. The summed E-state index contributed by atoms with van der Waals surface area (Å²) in [5, 5.41) is 3.68. The van der Waals surface area contributed by atoms with Crippen molar-refractivity contribution in [1.29, 1.82) is 0 Å². The zero-order valence-electron chi connectivity index (χ0n) is 12.7. The number of hydrogen-bond acceptors (Lipinski definition) is 2. The Labute approximate surface area is 153 Å². The fraction of sp³-hybridized carbons (Fsp3) is 0.333. The van der Waals surface area contributed by atoms with Gasteiger partial charge in [0.25, 0.3) is 0 Å². The Morgan fingerprint density at radius 3 is 2.37 bits per heavy atom. The fourth-order valence-corrected chi connectivity index (χ4v) is 11.2. The van der Waals surface area contributed by atoms with Gasteiger partial charge in [-0.3, -0.25) is 0 Å². The Morgan fingerprint density at radius 2 is 1.89 bits per heavy atom. The zero-order valence-corrected chi connectivity index (χ0v) is 16.3. The van der Waals surface area contributed by atoms with Gasteiger partial charge in [0.15, 0.2) is 0 Å². The topological polar surface area (TPSA) is 14.1 Å². The smallest absolute Gasteiger partial charge is 0.787 e. The average Bonchev–Trinajstić information content (AvgIpc) is 2.69. The first kappa shape index (κ1) is 22.1. The van der Waals surface area contributed by atoms with E-state index in [-0.39, 0.29) is 37.7 Å². The van der Waals surface area contributed by atoms with Crippen molar-refractivity contribution < 1.29 is 37.7 Å². The van der Waals surface area contributed by atoms with Gasteiger partial charge in [-0.25, -0.2) is 5.41 Å². The molecule has 0 atom stereocenters. The fourth-order valence-electron chi connectivity index (χ4n) is 1.66. The number of rotatable bonds is 3. The number of nitrogens with zero attached hydrogens (tertiary/aromatic N) is 1. The van der Waals surface area contributed by atoms with Crippen LogP contribution < -0.4 is 42.2 Å². The van der Waals surface area contributed by atoms with Crippen molar-refractivity contribution in [1.82, 2.24) is 0 Å². The van der Waals surface area contributed by atoms with Crippen LogP contribution in [0, 0.1) is 11.5 Å². The van der Waals surface area contributed by atoms with Crippen molar-refractivity contribution in [2.24, 2.45) is 0 Å². The van der Waals surface area contributed by atoms with E-state index in [0.29, 0.717) is 0 Å². The van der Waals surface area contributed by atoms with Gasteiger partial charge in [-0.05, 0) is 24.2 Å². The van der Waals surface area contributed by atoms with E-state index in [2.05, 4.69) is 55.2 Å². The molecule has 0 aliphatic rings. The Hall–Kier alpha value is 0.809. The Kier molecular flexibility index (Phi) is 11.3. The molecule has 92 valence electrons. The summed E-state index contributed by atoms with van der Waals surface area (Å²) in [5.74, 6) is 3.00. The van der Waals surface area contributed by atoms with Crippen LogP contribution in [0.5, 0.6) is 0 Å². The molecule has 1 heterocycles. The van der Waals surface area contributed by atoms with Crippen molar-refractivity contribution in [2.75, 3.05) is 0 Å². The Morgan fingerprint density at radius 1 is 1.26 bits per heavy atom. The minimum Gasteiger partial charge on any atom is -0.787 e. The first-order valence-corrected chi connectivity index (χ1v) is 12.7. The third-order valence-electron chi connectivity index (χ3n) is 2.21. The van der Waals surface area contributed by atoms with Crippen molar-refractivity contribution in [2.45, 2.75) is 26.2 Å². The Bertz CT molecular complexity index is 448. The maximum Gasteiger partial charge on any atom is 1.00 e. The van der Waals surface area contributed by atoms with E-state index in [0.717, 1.165) is 0 Å². The van der Waals surface area contributed by atoms with Gasteiger partial charge in [-0.2, -0.15) is 16.9 Å². The molecule has 0 radical (unpaired) electrons. The summed E-state index contributed by atoms with van der Waals surface area (Å²) in [6.45, 7) is 8.97. The van der Waals surface area contributed by atoms with E-state index < -0.39 is 16.5 Å². The van der Waals surface area contributed by atoms with E-state index in [1.54, 1.807) is 11.5 Å². The standard InChI is InChI=1S/C12H18NS2Si2.2Li/c1-16(2,11-6-5-9-14)13-17(3,4)12-8-7-10-15-12;;/h5,7-10,14H,1-4H3;;/q-1;2*+1/p-1/b9-5+;;. The molecule has 1 aromatic heterocycles. The summed E-state index contributed by atoms with van der Waals surface area (Å²) < 4.78 is 6.53. The maximum atomic E-state index is 5.10. The molecule has 0 spiro atoms. The van der Waals surface area contributed by atoms with Gasteiger partial charge >= 0.3 is 37.7 Å². The molecule has 1 rings (SSSR count). The second-order valence-electron chi connectivity index (χ2n) is 4.78. The molecule has 1 aromatic rings. The molecule has 0 amide bonds. The zero-order chi connectivity index (χ0) is 12.9. The van der Waals surface area contributed by atoms with Gasteiger partial charge < -0.3 is 17.3 Å². The second-order valence-corrected chi connectivity index (χ2v) is 14.3. The molecule has 0 aromatic carbocycles. The van der Waals surface area contributed by atoms with E-state index in [1.807, 2.05) is 11.3 Å². The average molecular weight is 309 g/mol. The molecule has 0 bridgehead atoms. The van der Waals surface area contributed by atoms with Crippen molar-refractivity contribution in [3.8, 4) is 11.5 Å². The monoisotopic (exact) mass is 309 g/mol. The van der Waals surface area contributed by atoms with Crippen LogP contribution in [0.2, 0.25) is 26.2 Å². The number of thiophene rings is 1. The van der Waals surface area contributed by atoms with Crippen LogP contribution in [0.1, 0.15) is 0 Å². The molecule has 19 heavy (non-hydrogen) atoms. The largest absolute Gasteiger partial charge is 1.00 e. The van der Waals surface area contributed by atoms with Gasteiger partial charge in [0.05, 0.1) is 0 Å². The predicted octanol–water partition coefficient (Wildman–Crippen LogP) is -2.65. The molecular formula is C12H17Li2NS2Si2. The third-order valence-corrected chi connectivity index (χ3v) is 11.5. The van der Waals surface area contributed by atoms with Gasteiger partial charge in [-0.15, -0.1) is 0 Å². The quantitative estimate of drug-likeness (QED) is 0.338. The SMILES string of the molecule is C[Si](C)(C#C/C=C/[S-])[N-][Si](C)(C)c1cccs1.[Li+].[Li+]. The molecule has 7 heteroatoms. The van der Waals surface area contributed by atoms with Crippen LogP contribution in [0.25, 0.3) is 4.65 Å². The first-order valence-electron chi connectivity index (χ1n) is 5.45. The maximum absolute atomic E-state index is 5.10. The van der Waals surface area contributed by atoms with E-state index in [4.69, 9.17) is 17.3 Å². The van der Waals surface area contributed by atoms with Crippen molar-refractivity contribution in [3.05, 3.63) is 33.6 Å².